The highest BCUT2D eigenvalue weighted by Gasteiger charge is 2.18. The zero-order valence-electron chi connectivity index (χ0n) is 18.0. The van der Waals surface area contributed by atoms with Gasteiger partial charge in [-0.2, -0.15) is 5.26 Å². The van der Waals surface area contributed by atoms with E-state index in [-0.39, 0.29) is 12.0 Å². The number of benzene rings is 3. The van der Waals surface area contributed by atoms with Gasteiger partial charge >= 0.3 is 0 Å². The highest BCUT2D eigenvalue weighted by molar-refractivity contribution is 6.08. The second-order valence-electron chi connectivity index (χ2n) is 8.02. The Morgan fingerprint density at radius 1 is 1.03 bits per heavy atom. The fourth-order valence-corrected chi connectivity index (χ4v) is 4.11. The van der Waals surface area contributed by atoms with Gasteiger partial charge in [0.15, 0.2) is 0 Å². The second kappa shape index (κ2) is 9.19. The van der Waals surface area contributed by atoms with Crippen LogP contribution in [0.2, 0.25) is 0 Å². The van der Waals surface area contributed by atoms with E-state index in [1.165, 1.54) is 0 Å². The van der Waals surface area contributed by atoms with E-state index in [1.54, 1.807) is 0 Å². The van der Waals surface area contributed by atoms with Crippen molar-refractivity contribution < 1.29 is 14.3 Å². The van der Waals surface area contributed by atoms with E-state index in [2.05, 4.69) is 16.4 Å². The van der Waals surface area contributed by atoms with Crippen molar-refractivity contribution >= 4 is 22.5 Å². The van der Waals surface area contributed by atoms with Crippen molar-refractivity contribution in [2.45, 2.75) is 18.9 Å². The Balaban J connectivity index is 1.44. The standard InChI is InChI=1S/C27H23N3O3/c28-17-19-15-18(9-10-26(19)33-21-11-13-32-14-12-21)22-7-4-8-24-23(22)16-25(30-24)27(31)29-20-5-2-1-3-6-20/h1-10,15-16,21,30H,11-14H2,(H,29,31). The number of nitrogens with one attached hydrogen (secondary N) is 2. The number of hydrogen-bond acceptors (Lipinski definition) is 4. The van der Waals surface area contributed by atoms with Crippen LogP contribution in [0.3, 0.4) is 0 Å². The van der Waals surface area contributed by atoms with E-state index in [4.69, 9.17) is 9.47 Å². The first kappa shape index (κ1) is 20.8. The Morgan fingerprint density at radius 3 is 2.64 bits per heavy atom. The van der Waals surface area contributed by atoms with Crippen LogP contribution in [0.25, 0.3) is 22.0 Å². The first-order valence-electron chi connectivity index (χ1n) is 11.0. The number of rotatable bonds is 5. The molecule has 3 aromatic carbocycles. The lowest BCUT2D eigenvalue weighted by Gasteiger charge is -2.24. The number of fused-ring (bicyclic) bond motifs is 1. The zero-order chi connectivity index (χ0) is 22.6. The van der Waals surface area contributed by atoms with Crippen LogP contribution in [-0.4, -0.2) is 30.2 Å². The summed E-state index contributed by atoms with van der Waals surface area (Å²) in [5, 5.41) is 13.6. The number of H-pyrrole nitrogens is 1. The number of para-hydroxylation sites is 1. The van der Waals surface area contributed by atoms with Gasteiger partial charge < -0.3 is 19.8 Å². The van der Waals surface area contributed by atoms with Crippen molar-refractivity contribution in [2.75, 3.05) is 18.5 Å². The molecule has 2 heterocycles. The van der Waals surface area contributed by atoms with Gasteiger partial charge in [0.25, 0.3) is 5.91 Å². The number of nitriles is 1. The molecule has 0 saturated carbocycles. The molecule has 1 amide bonds. The maximum absolute atomic E-state index is 12.8. The molecular formula is C27H23N3O3. The molecule has 164 valence electrons. The number of carbonyl (C=O) groups is 1. The Kier molecular flexibility index (Phi) is 5.79. The summed E-state index contributed by atoms with van der Waals surface area (Å²) in [5.41, 5.74) is 4.39. The topological polar surface area (TPSA) is 87.1 Å². The highest BCUT2D eigenvalue weighted by Crippen LogP contribution is 2.33. The average Bonchev–Trinajstić information content (AvgIpc) is 3.30. The SMILES string of the molecule is N#Cc1cc(-c2cccc3[nH]c(C(=O)Nc4ccccc4)cc23)ccc1OC1CCOCC1. The van der Waals surface area contributed by atoms with Gasteiger partial charge in [0, 0.05) is 29.4 Å². The van der Waals surface area contributed by atoms with E-state index in [9.17, 15) is 10.1 Å². The molecule has 1 saturated heterocycles. The number of anilines is 1. The summed E-state index contributed by atoms with van der Waals surface area (Å²) >= 11 is 0. The second-order valence-corrected chi connectivity index (χ2v) is 8.02. The van der Waals surface area contributed by atoms with Gasteiger partial charge in [0.2, 0.25) is 0 Å². The molecule has 0 radical (unpaired) electrons. The molecule has 4 aromatic rings. The lowest BCUT2D eigenvalue weighted by Crippen LogP contribution is -2.26. The van der Waals surface area contributed by atoms with Crippen LogP contribution in [0.1, 0.15) is 28.9 Å². The van der Waals surface area contributed by atoms with E-state index in [0.29, 0.717) is 30.2 Å². The molecule has 33 heavy (non-hydrogen) atoms. The summed E-state index contributed by atoms with van der Waals surface area (Å²) < 4.78 is 11.5. The third kappa shape index (κ3) is 4.45. The molecule has 2 N–H and O–H groups in total. The highest BCUT2D eigenvalue weighted by atomic mass is 16.5. The Hall–Kier alpha value is -4.08. The quantitative estimate of drug-likeness (QED) is 0.431. The monoisotopic (exact) mass is 437 g/mol. The van der Waals surface area contributed by atoms with Crippen molar-refractivity contribution in [3.63, 3.8) is 0 Å². The van der Waals surface area contributed by atoms with Crippen molar-refractivity contribution in [1.29, 1.82) is 5.26 Å². The molecule has 5 rings (SSSR count). The molecule has 1 aromatic heterocycles. The first-order valence-corrected chi connectivity index (χ1v) is 11.0. The number of carbonyl (C=O) groups excluding carboxylic acids is 1. The number of amides is 1. The maximum atomic E-state index is 12.8. The molecule has 0 bridgehead atoms. The minimum atomic E-state index is -0.207. The molecule has 0 unspecified atom stereocenters. The number of aromatic amines is 1. The van der Waals surface area contributed by atoms with Gasteiger partial charge in [-0.05, 0) is 47.5 Å². The molecule has 6 heteroatoms. The Labute approximate surface area is 191 Å². The van der Waals surface area contributed by atoms with Gasteiger partial charge in [0.05, 0.1) is 18.8 Å². The van der Waals surface area contributed by atoms with Gasteiger partial charge in [-0.15, -0.1) is 0 Å². The summed E-state index contributed by atoms with van der Waals surface area (Å²) in [5.74, 6) is 0.388. The predicted molar refractivity (Wildman–Crippen MR) is 127 cm³/mol. The van der Waals surface area contributed by atoms with Crippen molar-refractivity contribution in [1.82, 2.24) is 4.98 Å². The molecule has 0 spiro atoms. The van der Waals surface area contributed by atoms with Crippen molar-refractivity contribution in [3.05, 3.63) is 84.1 Å². The molecule has 0 aliphatic carbocycles. The summed E-state index contributed by atoms with van der Waals surface area (Å²) in [4.78, 5) is 16.0. The third-order valence-electron chi connectivity index (χ3n) is 5.81. The molecule has 6 nitrogen and oxygen atoms in total. The number of ether oxygens (including phenoxy) is 2. The largest absolute Gasteiger partial charge is 0.489 e. The molecular weight excluding hydrogens is 414 g/mol. The molecule has 0 atom stereocenters. The van der Waals surface area contributed by atoms with E-state index in [1.807, 2.05) is 72.8 Å². The van der Waals surface area contributed by atoms with Crippen LogP contribution >= 0.6 is 0 Å². The first-order chi connectivity index (χ1) is 16.2. The fourth-order valence-electron chi connectivity index (χ4n) is 4.11. The Bertz CT molecular complexity index is 1330. The van der Waals surface area contributed by atoms with Gasteiger partial charge in [-0.25, -0.2) is 0 Å². The van der Waals surface area contributed by atoms with Crippen LogP contribution in [0.4, 0.5) is 5.69 Å². The lowest BCUT2D eigenvalue weighted by molar-refractivity contribution is 0.0254. The third-order valence-corrected chi connectivity index (χ3v) is 5.81. The maximum Gasteiger partial charge on any atom is 0.272 e. The van der Waals surface area contributed by atoms with E-state index >= 15 is 0 Å². The lowest BCUT2D eigenvalue weighted by atomic mass is 9.99. The van der Waals surface area contributed by atoms with Crippen LogP contribution in [-0.2, 0) is 4.74 Å². The summed E-state index contributed by atoms with van der Waals surface area (Å²) in [6.45, 7) is 1.36. The summed E-state index contributed by atoms with van der Waals surface area (Å²) in [6, 6.07) is 25.0. The fraction of sp³-hybridized carbons (Fsp3) is 0.185. The van der Waals surface area contributed by atoms with Crippen molar-refractivity contribution in [2.24, 2.45) is 0 Å². The molecule has 1 aliphatic rings. The normalized spacial score (nSPS) is 14.0. The summed E-state index contributed by atoms with van der Waals surface area (Å²) in [6.07, 6.45) is 1.71. The zero-order valence-corrected chi connectivity index (χ0v) is 18.0. The van der Waals surface area contributed by atoms with Crippen LogP contribution in [0.15, 0.2) is 72.8 Å². The number of nitrogens with zero attached hydrogens (tertiary/aromatic N) is 1. The van der Waals surface area contributed by atoms with E-state index < -0.39 is 0 Å². The minimum absolute atomic E-state index is 0.0653. The number of aromatic nitrogens is 1. The van der Waals surface area contributed by atoms with Crippen LogP contribution in [0, 0.1) is 11.3 Å². The van der Waals surface area contributed by atoms with Gasteiger partial charge in [0.1, 0.15) is 23.6 Å². The summed E-state index contributed by atoms with van der Waals surface area (Å²) in [7, 11) is 0. The molecule has 1 fully saturated rings. The van der Waals surface area contributed by atoms with Crippen molar-refractivity contribution in [3.8, 4) is 22.9 Å². The van der Waals surface area contributed by atoms with E-state index in [0.717, 1.165) is 40.6 Å². The van der Waals surface area contributed by atoms with Gasteiger partial charge in [-0.3, -0.25) is 4.79 Å². The smallest absolute Gasteiger partial charge is 0.272 e. The average molecular weight is 437 g/mol. The van der Waals surface area contributed by atoms with Gasteiger partial charge in [-0.1, -0.05) is 36.4 Å². The molecule has 1 aliphatic heterocycles. The predicted octanol–water partition coefficient (Wildman–Crippen LogP) is 5.52. The van der Waals surface area contributed by atoms with Crippen LogP contribution < -0.4 is 10.1 Å². The van der Waals surface area contributed by atoms with Crippen LogP contribution in [0.5, 0.6) is 5.75 Å². The number of hydrogen-bond donors (Lipinski definition) is 2. The minimum Gasteiger partial charge on any atom is -0.489 e. The Morgan fingerprint density at radius 2 is 1.85 bits per heavy atom.